The Morgan fingerprint density at radius 3 is 2.13 bits per heavy atom. The summed E-state index contributed by atoms with van der Waals surface area (Å²) in [6, 6.07) is 1.84. The van der Waals surface area contributed by atoms with E-state index in [4.69, 9.17) is 11.6 Å². The first-order valence-electron chi connectivity index (χ1n) is 3.42. The van der Waals surface area contributed by atoms with Gasteiger partial charge in [0.25, 0.3) is 9.84 Å². The number of benzene rings is 1. The number of rotatable bonds is 1. The molecule has 0 aliphatic rings. The van der Waals surface area contributed by atoms with Crippen molar-refractivity contribution in [3.63, 3.8) is 0 Å². The van der Waals surface area contributed by atoms with Crippen molar-refractivity contribution < 1.29 is 26.0 Å². The van der Waals surface area contributed by atoms with E-state index in [1.165, 1.54) is 0 Å². The molecule has 0 radical (unpaired) electrons. The van der Waals surface area contributed by atoms with Crippen LogP contribution >= 0.6 is 11.6 Å². The van der Waals surface area contributed by atoms with Crippen LogP contribution < -0.4 is 0 Å². The highest BCUT2D eigenvalue weighted by molar-refractivity contribution is 7.92. The van der Waals surface area contributed by atoms with Gasteiger partial charge in [-0.2, -0.15) is 13.2 Å². The summed E-state index contributed by atoms with van der Waals surface area (Å²) >= 11 is 5.27. The number of hydrogen-bond acceptors (Lipinski definition) is 2. The minimum Gasteiger partial charge on any atom is -0.214 e. The van der Waals surface area contributed by atoms with Crippen molar-refractivity contribution in [3.05, 3.63) is 29.0 Å². The van der Waals surface area contributed by atoms with Crippen LogP contribution in [0.4, 0.5) is 17.6 Å². The van der Waals surface area contributed by atoms with Crippen LogP contribution in [0, 0.1) is 5.82 Å². The SMILES string of the molecule is O=S(=O)(c1ccc(Cl)cc1F)C(F)(F)F. The Morgan fingerprint density at radius 2 is 1.73 bits per heavy atom. The van der Waals surface area contributed by atoms with Gasteiger partial charge in [0.15, 0.2) is 0 Å². The molecular weight excluding hydrogens is 260 g/mol. The number of hydrogen-bond donors (Lipinski definition) is 0. The summed E-state index contributed by atoms with van der Waals surface area (Å²) in [5, 5.41) is -0.186. The molecule has 0 saturated carbocycles. The van der Waals surface area contributed by atoms with Crippen molar-refractivity contribution in [2.45, 2.75) is 10.4 Å². The van der Waals surface area contributed by atoms with Crippen molar-refractivity contribution in [2.75, 3.05) is 0 Å². The zero-order valence-corrected chi connectivity index (χ0v) is 8.42. The summed E-state index contributed by atoms with van der Waals surface area (Å²) in [4.78, 5) is -1.43. The van der Waals surface area contributed by atoms with Crippen LogP contribution in [0.15, 0.2) is 23.1 Å². The van der Waals surface area contributed by atoms with Gasteiger partial charge in [0, 0.05) is 5.02 Å². The molecule has 0 heterocycles. The van der Waals surface area contributed by atoms with Crippen LogP contribution in [0.5, 0.6) is 0 Å². The third-order valence-electron chi connectivity index (χ3n) is 1.49. The largest absolute Gasteiger partial charge is 0.502 e. The third-order valence-corrected chi connectivity index (χ3v) is 3.24. The van der Waals surface area contributed by atoms with Gasteiger partial charge >= 0.3 is 5.51 Å². The van der Waals surface area contributed by atoms with Crippen molar-refractivity contribution in [2.24, 2.45) is 0 Å². The molecule has 1 aromatic carbocycles. The van der Waals surface area contributed by atoms with E-state index < -0.39 is 26.1 Å². The quantitative estimate of drug-likeness (QED) is 0.729. The highest BCUT2D eigenvalue weighted by Crippen LogP contribution is 2.32. The lowest BCUT2D eigenvalue weighted by atomic mass is 10.3. The van der Waals surface area contributed by atoms with E-state index in [2.05, 4.69) is 0 Å². The Hall–Kier alpha value is -0.820. The minimum atomic E-state index is -5.66. The van der Waals surface area contributed by atoms with E-state index in [0.717, 1.165) is 6.07 Å². The average molecular weight is 263 g/mol. The molecule has 2 nitrogen and oxygen atoms in total. The highest BCUT2D eigenvalue weighted by atomic mass is 35.5. The molecule has 1 rings (SSSR count). The molecule has 15 heavy (non-hydrogen) atoms. The normalized spacial score (nSPS) is 12.9. The Kier molecular flexibility index (Phi) is 2.97. The molecule has 0 unspecified atom stereocenters. The molecule has 8 heteroatoms. The monoisotopic (exact) mass is 262 g/mol. The first kappa shape index (κ1) is 12.3. The van der Waals surface area contributed by atoms with Crippen LogP contribution in [-0.2, 0) is 9.84 Å². The molecule has 0 aliphatic heterocycles. The fraction of sp³-hybridized carbons (Fsp3) is 0.143. The summed E-state index contributed by atoms with van der Waals surface area (Å²) < 4.78 is 70.5. The summed E-state index contributed by atoms with van der Waals surface area (Å²) in [5.74, 6) is -1.53. The summed E-state index contributed by atoms with van der Waals surface area (Å²) in [5.41, 5.74) is -5.53. The number of alkyl halides is 3. The molecule has 0 saturated heterocycles. The zero-order valence-electron chi connectivity index (χ0n) is 6.85. The van der Waals surface area contributed by atoms with Gasteiger partial charge in [-0.3, -0.25) is 0 Å². The predicted molar refractivity (Wildman–Crippen MR) is 44.7 cm³/mol. The predicted octanol–water partition coefficient (Wildman–Crippen LogP) is 2.77. The fourth-order valence-corrected chi connectivity index (χ4v) is 1.79. The van der Waals surface area contributed by atoms with E-state index >= 15 is 0 Å². The highest BCUT2D eigenvalue weighted by Gasteiger charge is 2.48. The van der Waals surface area contributed by atoms with Gasteiger partial charge in [0.2, 0.25) is 0 Å². The lowest BCUT2D eigenvalue weighted by molar-refractivity contribution is -0.0437. The van der Waals surface area contributed by atoms with E-state index in [1.807, 2.05) is 0 Å². The second kappa shape index (κ2) is 3.64. The van der Waals surface area contributed by atoms with E-state index in [9.17, 15) is 26.0 Å². The number of halogens is 5. The average Bonchev–Trinajstić information content (AvgIpc) is 2.00. The Morgan fingerprint density at radius 1 is 1.20 bits per heavy atom. The summed E-state index contributed by atoms with van der Waals surface area (Å²) in [6.07, 6.45) is 0. The molecule has 1 aromatic rings. The molecular formula is C7H3ClF4O2S. The van der Waals surface area contributed by atoms with Crippen molar-refractivity contribution >= 4 is 21.4 Å². The standard InChI is InChI=1S/C7H3ClF4O2S/c8-4-1-2-6(5(9)3-4)15(13,14)7(10,11)12/h1-3H. The second-order valence-electron chi connectivity index (χ2n) is 2.52. The maximum atomic E-state index is 12.9. The van der Waals surface area contributed by atoms with Crippen molar-refractivity contribution in [1.82, 2.24) is 0 Å². The molecule has 0 aromatic heterocycles. The topological polar surface area (TPSA) is 34.1 Å². The van der Waals surface area contributed by atoms with Gasteiger partial charge in [-0.05, 0) is 18.2 Å². The fourth-order valence-electron chi connectivity index (χ4n) is 0.818. The van der Waals surface area contributed by atoms with Crippen LogP contribution in [0.3, 0.4) is 0 Å². The van der Waals surface area contributed by atoms with Gasteiger partial charge in [0.1, 0.15) is 10.7 Å². The molecule has 0 spiro atoms. The van der Waals surface area contributed by atoms with Gasteiger partial charge in [-0.1, -0.05) is 11.6 Å². The summed E-state index contributed by atoms with van der Waals surface area (Å²) in [6.45, 7) is 0. The first-order valence-corrected chi connectivity index (χ1v) is 5.29. The van der Waals surface area contributed by atoms with Crippen LogP contribution in [0.25, 0.3) is 0 Å². The maximum absolute atomic E-state index is 12.9. The van der Waals surface area contributed by atoms with Gasteiger partial charge in [-0.25, -0.2) is 12.8 Å². The van der Waals surface area contributed by atoms with Gasteiger partial charge in [-0.15, -0.1) is 0 Å². The molecule has 0 aliphatic carbocycles. The lowest BCUT2D eigenvalue weighted by Gasteiger charge is -2.08. The number of sulfone groups is 1. The molecule has 0 N–H and O–H groups in total. The lowest BCUT2D eigenvalue weighted by Crippen LogP contribution is -2.24. The van der Waals surface area contributed by atoms with E-state index in [-0.39, 0.29) is 5.02 Å². The van der Waals surface area contributed by atoms with Crippen LogP contribution in [0.1, 0.15) is 0 Å². The van der Waals surface area contributed by atoms with Crippen molar-refractivity contribution in [1.29, 1.82) is 0 Å². The zero-order chi connectivity index (χ0) is 11.9. The van der Waals surface area contributed by atoms with Gasteiger partial charge < -0.3 is 0 Å². The second-order valence-corrected chi connectivity index (χ2v) is 4.87. The van der Waals surface area contributed by atoms with Gasteiger partial charge in [0.05, 0.1) is 0 Å². The Balaban J connectivity index is 3.42. The Labute approximate surface area is 87.4 Å². The van der Waals surface area contributed by atoms with Crippen LogP contribution in [-0.4, -0.2) is 13.9 Å². The van der Waals surface area contributed by atoms with Crippen LogP contribution in [0.2, 0.25) is 5.02 Å². The molecule has 0 atom stereocenters. The molecule has 0 fully saturated rings. The maximum Gasteiger partial charge on any atom is 0.502 e. The molecule has 0 bridgehead atoms. The van der Waals surface area contributed by atoms with Crippen molar-refractivity contribution in [3.8, 4) is 0 Å². The van der Waals surface area contributed by atoms with E-state index in [1.54, 1.807) is 0 Å². The molecule has 0 amide bonds. The third kappa shape index (κ3) is 2.23. The molecule has 84 valence electrons. The minimum absolute atomic E-state index is 0.186. The summed E-state index contributed by atoms with van der Waals surface area (Å²) in [7, 11) is -5.66. The first-order chi connectivity index (χ1) is 6.66. The Bertz CT molecular complexity index is 480. The van der Waals surface area contributed by atoms with E-state index in [0.29, 0.717) is 12.1 Å². The smallest absolute Gasteiger partial charge is 0.214 e.